The van der Waals surface area contributed by atoms with Gasteiger partial charge in [0.05, 0.1) is 0 Å². The van der Waals surface area contributed by atoms with E-state index >= 15 is 0 Å². The summed E-state index contributed by atoms with van der Waals surface area (Å²) in [4.78, 5) is 0. The molecule has 4 nitrogen and oxygen atoms in total. The first-order chi connectivity index (χ1) is 8.31. The molecule has 1 aliphatic carbocycles. The molecule has 7 heteroatoms. The van der Waals surface area contributed by atoms with E-state index in [1.54, 1.807) is 0 Å². The van der Waals surface area contributed by atoms with Crippen LogP contribution >= 0.6 is 0 Å². The van der Waals surface area contributed by atoms with Crippen molar-refractivity contribution < 1.29 is 17.2 Å². The van der Waals surface area contributed by atoms with Gasteiger partial charge in [0.2, 0.25) is 0 Å². The fourth-order valence-electron chi connectivity index (χ4n) is 1.73. The van der Waals surface area contributed by atoms with Crippen molar-refractivity contribution in [1.29, 1.82) is 0 Å². The Kier molecular flexibility index (Phi) is 3.39. The number of nitrogens with one attached hydrogen (secondary N) is 1. The SMILES string of the molecule is CN(C)S(=O)(=O)N[C@@H]1C[C@H]1c1ccc(F)c(F)c1. The molecule has 1 N–H and O–H groups in total. The minimum atomic E-state index is -3.48. The van der Waals surface area contributed by atoms with Gasteiger partial charge in [-0.3, -0.25) is 0 Å². The van der Waals surface area contributed by atoms with Crippen LogP contribution in [0.15, 0.2) is 18.2 Å². The van der Waals surface area contributed by atoms with Crippen LogP contribution in [-0.2, 0) is 10.2 Å². The lowest BCUT2D eigenvalue weighted by atomic mass is 10.1. The van der Waals surface area contributed by atoms with Gasteiger partial charge in [-0.15, -0.1) is 0 Å². The van der Waals surface area contributed by atoms with Crippen LogP contribution in [0.3, 0.4) is 0 Å². The summed E-state index contributed by atoms with van der Waals surface area (Å²) in [6.07, 6.45) is 0.595. The average molecular weight is 276 g/mol. The summed E-state index contributed by atoms with van der Waals surface area (Å²) in [7, 11) is -0.623. The van der Waals surface area contributed by atoms with Crippen molar-refractivity contribution in [3.63, 3.8) is 0 Å². The second kappa shape index (κ2) is 4.56. The van der Waals surface area contributed by atoms with Crippen molar-refractivity contribution >= 4 is 10.2 Å². The van der Waals surface area contributed by atoms with Crippen LogP contribution in [0.5, 0.6) is 0 Å². The number of hydrogen-bond acceptors (Lipinski definition) is 2. The van der Waals surface area contributed by atoms with Crippen molar-refractivity contribution in [2.75, 3.05) is 14.1 Å². The Morgan fingerprint density at radius 1 is 1.28 bits per heavy atom. The highest BCUT2D eigenvalue weighted by molar-refractivity contribution is 7.87. The quantitative estimate of drug-likeness (QED) is 0.899. The molecule has 0 heterocycles. The number of halogens is 2. The molecule has 2 atom stereocenters. The molecule has 0 unspecified atom stereocenters. The monoisotopic (exact) mass is 276 g/mol. The van der Waals surface area contributed by atoms with Crippen molar-refractivity contribution in [2.45, 2.75) is 18.4 Å². The van der Waals surface area contributed by atoms with Crippen LogP contribution in [0.2, 0.25) is 0 Å². The number of nitrogens with zero attached hydrogens (tertiary/aromatic N) is 1. The number of hydrogen-bond donors (Lipinski definition) is 1. The lowest BCUT2D eigenvalue weighted by Gasteiger charge is -2.12. The van der Waals surface area contributed by atoms with Crippen molar-refractivity contribution in [2.24, 2.45) is 0 Å². The molecule has 1 aromatic rings. The Morgan fingerprint density at radius 3 is 2.50 bits per heavy atom. The predicted molar refractivity (Wildman–Crippen MR) is 63.2 cm³/mol. The smallest absolute Gasteiger partial charge is 0.204 e. The summed E-state index contributed by atoms with van der Waals surface area (Å²) in [5.74, 6) is -1.90. The molecule has 0 aliphatic heterocycles. The van der Waals surface area contributed by atoms with Crippen LogP contribution in [-0.4, -0.2) is 32.9 Å². The first kappa shape index (κ1) is 13.4. The fourth-order valence-corrected chi connectivity index (χ4v) is 2.59. The summed E-state index contributed by atoms with van der Waals surface area (Å²) in [6, 6.07) is 3.40. The van der Waals surface area contributed by atoms with Crippen molar-refractivity contribution in [3.05, 3.63) is 35.4 Å². The summed E-state index contributed by atoms with van der Waals surface area (Å²) >= 11 is 0. The summed E-state index contributed by atoms with van der Waals surface area (Å²) in [5, 5.41) is 0. The van der Waals surface area contributed by atoms with Gasteiger partial charge in [0.25, 0.3) is 10.2 Å². The topological polar surface area (TPSA) is 49.4 Å². The van der Waals surface area contributed by atoms with E-state index in [0.29, 0.717) is 12.0 Å². The molecule has 1 saturated carbocycles. The fraction of sp³-hybridized carbons (Fsp3) is 0.455. The van der Waals surface area contributed by atoms with Gasteiger partial charge in [-0.25, -0.2) is 8.78 Å². The van der Waals surface area contributed by atoms with E-state index in [1.165, 1.54) is 20.2 Å². The van der Waals surface area contributed by atoms with Crippen molar-refractivity contribution in [1.82, 2.24) is 9.03 Å². The Morgan fingerprint density at radius 2 is 1.94 bits per heavy atom. The molecule has 0 spiro atoms. The maximum atomic E-state index is 13.0. The van der Waals surface area contributed by atoms with Gasteiger partial charge in [0.1, 0.15) is 0 Å². The third-order valence-corrected chi connectivity index (χ3v) is 4.51. The molecule has 0 aromatic heterocycles. The lowest BCUT2D eigenvalue weighted by molar-refractivity contribution is 0.503. The summed E-state index contributed by atoms with van der Waals surface area (Å²) < 4.78 is 52.5. The first-order valence-corrected chi connectivity index (χ1v) is 6.90. The molecular formula is C11H14F2N2O2S. The van der Waals surface area contributed by atoms with Crippen LogP contribution in [0.4, 0.5) is 8.78 Å². The molecule has 100 valence electrons. The third-order valence-electron chi connectivity index (χ3n) is 2.94. The maximum Gasteiger partial charge on any atom is 0.279 e. The zero-order valence-corrected chi connectivity index (χ0v) is 10.8. The van der Waals surface area contributed by atoms with E-state index in [9.17, 15) is 17.2 Å². The molecular weight excluding hydrogens is 262 g/mol. The molecule has 0 radical (unpaired) electrons. The molecule has 0 bridgehead atoms. The molecule has 2 rings (SSSR count). The lowest BCUT2D eigenvalue weighted by Crippen LogP contribution is -2.37. The molecule has 0 amide bonds. The predicted octanol–water partition coefficient (Wildman–Crippen LogP) is 1.22. The van der Waals surface area contributed by atoms with Gasteiger partial charge >= 0.3 is 0 Å². The third kappa shape index (κ3) is 2.68. The Balaban J connectivity index is 2.05. The number of rotatable bonds is 4. The zero-order valence-electron chi connectivity index (χ0n) is 10.0. The molecule has 18 heavy (non-hydrogen) atoms. The van der Waals surface area contributed by atoms with E-state index in [2.05, 4.69) is 4.72 Å². The van der Waals surface area contributed by atoms with E-state index in [1.807, 2.05) is 0 Å². The number of benzene rings is 1. The average Bonchev–Trinajstić information content (AvgIpc) is 3.00. The van der Waals surface area contributed by atoms with Crippen molar-refractivity contribution in [3.8, 4) is 0 Å². The molecule has 1 aromatic carbocycles. The van der Waals surface area contributed by atoms with Gasteiger partial charge < -0.3 is 0 Å². The van der Waals surface area contributed by atoms with Gasteiger partial charge in [0, 0.05) is 26.1 Å². The maximum absolute atomic E-state index is 13.0. The van der Waals surface area contributed by atoms with Crippen LogP contribution < -0.4 is 4.72 Å². The molecule has 1 aliphatic rings. The highest BCUT2D eigenvalue weighted by Gasteiger charge is 2.41. The minimum absolute atomic E-state index is 0.0881. The Hall–Kier alpha value is -1.05. The Labute approximate surface area is 105 Å². The van der Waals surface area contributed by atoms with Gasteiger partial charge in [0.15, 0.2) is 11.6 Å². The van der Waals surface area contributed by atoms with E-state index in [0.717, 1.165) is 16.4 Å². The standard InChI is InChI=1S/C11H14F2N2O2S/c1-15(2)18(16,17)14-11-6-8(11)7-3-4-9(12)10(13)5-7/h3-5,8,11,14H,6H2,1-2H3/t8-,11+/m0/s1. The highest BCUT2D eigenvalue weighted by atomic mass is 32.2. The minimum Gasteiger partial charge on any atom is -0.204 e. The van der Waals surface area contributed by atoms with Gasteiger partial charge in [-0.1, -0.05) is 6.07 Å². The highest BCUT2D eigenvalue weighted by Crippen LogP contribution is 2.41. The second-order valence-electron chi connectivity index (χ2n) is 4.53. The second-order valence-corrected chi connectivity index (χ2v) is 6.44. The first-order valence-electron chi connectivity index (χ1n) is 5.46. The van der Waals surface area contributed by atoms with E-state index in [-0.39, 0.29) is 12.0 Å². The normalized spacial score (nSPS) is 23.4. The summed E-state index contributed by atoms with van der Waals surface area (Å²) in [6.45, 7) is 0. The van der Waals surface area contributed by atoms with E-state index in [4.69, 9.17) is 0 Å². The Bertz CT molecular complexity index is 560. The largest absolute Gasteiger partial charge is 0.279 e. The van der Waals surface area contributed by atoms with E-state index < -0.39 is 21.8 Å². The summed E-state index contributed by atoms with van der Waals surface area (Å²) in [5.41, 5.74) is 0.611. The van der Waals surface area contributed by atoms with Crippen LogP contribution in [0, 0.1) is 11.6 Å². The van der Waals surface area contributed by atoms with Gasteiger partial charge in [-0.2, -0.15) is 17.4 Å². The zero-order chi connectivity index (χ0) is 13.5. The van der Waals surface area contributed by atoms with Crippen LogP contribution in [0.25, 0.3) is 0 Å². The molecule has 0 saturated heterocycles. The van der Waals surface area contributed by atoms with Gasteiger partial charge in [-0.05, 0) is 24.1 Å². The van der Waals surface area contributed by atoms with Crippen LogP contribution in [0.1, 0.15) is 17.9 Å². The molecule has 1 fully saturated rings.